The van der Waals surface area contributed by atoms with Crippen molar-refractivity contribution in [2.45, 2.75) is 32.6 Å². The molecule has 1 amide bonds. The largest absolute Gasteiger partial charge is 0.342 e. The van der Waals surface area contributed by atoms with Gasteiger partial charge < -0.3 is 4.90 Å². The minimum atomic E-state index is 0.266. The number of hydrogen-bond acceptors (Lipinski definition) is 2. The Hall–Kier alpha value is -1.61. The maximum atomic E-state index is 12.5. The second-order valence-corrected chi connectivity index (χ2v) is 6.98. The lowest BCUT2D eigenvalue weighted by molar-refractivity contribution is -0.135. The maximum absolute atomic E-state index is 12.5. The fourth-order valence-corrected chi connectivity index (χ4v) is 3.77. The van der Waals surface area contributed by atoms with Crippen LogP contribution in [0.3, 0.4) is 0 Å². The highest BCUT2D eigenvalue weighted by molar-refractivity contribution is 5.79. The molecule has 23 heavy (non-hydrogen) atoms. The number of likely N-dealkylation sites (tertiary alicyclic amines) is 2. The van der Waals surface area contributed by atoms with Crippen LogP contribution in [0.25, 0.3) is 6.08 Å². The minimum Gasteiger partial charge on any atom is -0.342 e. The van der Waals surface area contributed by atoms with E-state index in [-0.39, 0.29) is 5.92 Å². The van der Waals surface area contributed by atoms with Crippen molar-refractivity contribution in [1.29, 1.82) is 0 Å². The molecule has 0 aromatic heterocycles. The fraction of sp³-hybridized carbons (Fsp3) is 0.550. The van der Waals surface area contributed by atoms with E-state index in [0.29, 0.717) is 5.91 Å². The first-order chi connectivity index (χ1) is 11.2. The van der Waals surface area contributed by atoms with Gasteiger partial charge in [-0.2, -0.15) is 0 Å². The Morgan fingerprint density at radius 1 is 1.09 bits per heavy atom. The fourth-order valence-electron chi connectivity index (χ4n) is 3.77. The van der Waals surface area contributed by atoms with E-state index in [4.69, 9.17) is 0 Å². The minimum absolute atomic E-state index is 0.266. The first-order valence-electron chi connectivity index (χ1n) is 8.96. The van der Waals surface area contributed by atoms with Gasteiger partial charge in [-0.25, -0.2) is 0 Å². The van der Waals surface area contributed by atoms with Crippen LogP contribution in [0.2, 0.25) is 0 Å². The van der Waals surface area contributed by atoms with Crippen LogP contribution in [0.1, 0.15) is 38.2 Å². The summed E-state index contributed by atoms with van der Waals surface area (Å²) in [5.41, 5.74) is 2.66. The average molecular weight is 312 g/mol. The Morgan fingerprint density at radius 2 is 1.74 bits per heavy atom. The summed E-state index contributed by atoms with van der Waals surface area (Å²) >= 11 is 0. The molecule has 1 aromatic rings. The van der Waals surface area contributed by atoms with E-state index >= 15 is 0 Å². The third-order valence-electron chi connectivity index (χ3n) is 5.04. The van der Waals surface area contributed by atoms with Crippen LogP contribution in [0, 0.1) is 5.92 Å². The normalized spacial score (nSPS) is 20.9. The standard InChI is InChI=1S/C20H28N2O/c1-17(15-18-7-3-2-4-8-18)16-21-13-9-19(10-14-21)20(23)22-11-5-6-12-22/h2-4,7-8,15,19H,5-6,9-14,16H2,1H3/b17-15-. The molecular weight excluding hydrogens is 284 g/mol. The van der Waals surface area contributed by atoms with Crippen LogP contribution >= 0.6 is 0 Å². The number of rotatable bonds is 4. The van der Waals surface area contributed by atoms with Gasteiger partial charge in [0.2, 0.25) is 5.91 Å². The van der Waals surface area contributed by atoms with E-state index in [0.717, 1.165) is 45.6 Å². The van der Waals surface area contributed by atoms with Gasteiger partial charge in [0.05, 0.1) is 0 Å². The second kappa shape index (κ2) is 7.78. The van der Waals surface area contributed by atoms with Gasteiger partial charge in [0, 0.05) is 25.6 Å². The van der Waals surface area contributed by atoms with Crippen molar-refractivity contribution in [1.82, 2.24) is 9.80 Å². The zero-order valence-corrected chi connectivity index (χ0v) is 14.2. The molecule has 2 aliphatic heterocycles. The molecule has 2 saturated heterocycles. The Kier molecular flexibility index (Phi) is 5.50. The number of carbonyl (C=O) groups excluding carboxylic acids is 1. The molecule has 0 radical (unpaired) electrons. The summed E-state index contributed by atoms with van der Waals surface area (Å²) in [4.78, 5) is 17.0. The summed E-state index contributed by atoms with van der Waals surface area (Å²) in [7, 11) is 0. The molecule has 2 aliphatic rings. The predicted octanol–water partition coefficient (Wildman–Crippen LogP) is 3.42. The molecule has 2 heterocycles. The van der Waals surface area contributed by atoms with Crippen LogP contribution in [0.4, 0.5) is 0 Å². The van der Waals surface area contributed by atoms with E-state index in [1.54, 1.807) is 0 Å². The average Bonchev–Trinajstić information content (AvgIpc) is 3.10. The topological polar surface area (TPSA) is 23.6 Å². The van der Waals surface area contributed by atoms with Crippen molar-refractivity contribution < 1.29 is 4.79 Å². The monoisotopic (exact) mass is 312 g/mol. The van der Waals surface area contributed by atoms with Crippen molar-refractivity contribution in [2.75, 3.05) is 32.7 Å². The summed E-state index contributed by atoms with van der Waals surface area (Å²) in [6, 6.07) is 10.5. The van der Waals surface area contributed by atoms with Crippen LogP contribution in [0.5, 0.6) is 0 Å². The molecule has 0 saturated carbocycles. The molecule has 0 unspecified atom stereocenters. The van der Waals surface area contributed by atoms with Gasteiger partial charge in [-0.05, 0) is 51.3 Å². The van der Waals surface area contributed by atoms with Crippen molar-refractivity contribution in [3.05, 3.63) is 41.5 Å². The Balaban J connectivity index is 1.47. The number of amides is 1. The van der Waals surface area contributed by atoms with Crippen LogP contribution in [-0.4, -0.2) is 48.4 Å². The van der Waals surface area contributed by atoms with Gasteiger partial charge >= 0.3 is 0 Å². The number of nitrogens with zero attached hydrogens (tertiary/aromatic N) is 2. The summed E-state index contributed by atoms with van der Waals surface area (Å²) in [6.45, 7) is 7.28. The number of hydrogen-bond donors (Lipinski definition) is 0. The predicted molar refractivity (Wildman–Crippen MR) is 95.1 cm³/mol. The molecule has 3 rings (SSSR count). The Bertz CT molecular complexity index is 538. The molecule has 0 atom stereocenters. The van der Waals surface area contributed by atoms with Gasteiger partial charge in [-0.3, -0.25) is 9.69 Å². The highest BCUT2D eigenvalue weighted by Crippen LogP contribution is 2.22. The molecule has 3 heteroatoms. The molecule has 1 aromatic carbocycles. The van der Waals surface area contributed by atoms with Crippen molar-refractivity contribution >= 4 is 12.0 Å². The molecule has 0 aliphatic carbocycles. The van der Waals surface area contributed by atoms with Gasteiger partial charge in [0.15, 0.2) is 0 Å². The van der Waals surface area contributed by atoms with Gasteiger partial charge in [-0.15, -0.1) is 0 Å². The van der Waals surface area contributed by atoms with Crippen LogP contribution in [-0.2, 0) is 4.79 Å². The van der Waals surface area contributed by atoms with E-state index in [2.05, 4.69) is 53.1 Å². The SMILES string of the molecule is C/C(=C/c1ccccc1)CN1CCC(C(=O)N2CCCC2)CC1. The first-order valence-corrected chi connectivity index (χ1v) is 8.96. The van der Waals surface area contributed by atoms with Gasteiger partial charge in [0.25, 0.3) is 0 Å². The van der Waals surface area contributed by atoms with E-state index in [9.17, 15) is 4.79 Å². The molecule has 0 spiro atoms. The number of benzene rings is 1. The van der Waals surface area contributed by atoms with Crippen molar-refractivity contribution in [3.63, 3.8) is 0 Å². The summed E-state index contributed by atoms with van der Waals surface area (Å²) < 4.78 is 0. The second-order valence-electron chi connectivity index (χ2n) is 6.98. The zero-order chi connectivity index (χ0) is 16.1. The molecule has 0 N–H and O–H groups in total. The summed E-state index contributed by atoms with van der Waals surface area (Å²) in [6.07, 6.45) is 6.69. The molecular formula is C20H28N2O. The number of carbonyl (C=O) groups is 1. The molecule has 3 nitrogen and oxygen atoms in total. The molecule has 0 bridgehead atoms. The van der Waals surface area contributed by atoms with Crippen LogP contribution < -0.4 is 0 Å². The van der Waals surface area contributed by atoms with E-state index in [1.807, 2.05) is 0 Å². The van der Waals surface area contributed by atoms with Gasteiger partial charge in [0.1, 0.15) is 0 Å². The van der Waals surface area contributed by atoms with E-state index in [1.165, 1.54) is 24.0 Å². The third kappa shape index (κ3) is 4.44. The van der Waals surface area contributed by atoms with E-state index < -0.39 is 0 Å². The highest BCUT2D eigenvalue weighted by atomic mass is 16.2. The lowest BCUT2D eigenvalue weighted by Gasteiger charge is -2.33. The summed E-state index contributed by atoms with van der Waals surface area (Å²) in [5, 5.41) is 0. The Labute approximate surface area is 140 Å². The molecule has 124 valence electrons. The van der Waals surface area contributed by atoms with Crippen LogP contribution in [0.15, 0.2) is 35.9 Å². The quantitative estimate of drug-likeness (QED) is 0.850. The molecule has 2 fully saturated rings. The lowest BCUT2D eigenvalue weighted by atomic mass is 9.95. The van der Waals surface area contributed by atoms with Crippen molar-refractivity contribution in [2.24, 2.45) is 5.92 Å². The number of piperidine rings is 1. The first kappa shape index (κ1) is 16.3. The van der Waals surface area contributed by atoms with Gasteiger partial charge in [-0.1, -0.05) is 42.0 Å². The smallest absolute Gasteiger partial charge is 0.225 e. The third-order valence-corrected chi connectivity index (χ3v) is 5.04. The highest BCUT2D eigenvalue weighted by Gasteiger charge is 2.29. The maximum Gasteiger partial charge on any atom is 0.225 e. The Morgan fingerprint density at radius 3 is 2.39 bits per heavy atom. The van der Waals surface area contributed by atoms with Crippen molar-refractivity contribution in [3.8, 4) is 0 Å². The summed E-state index contributed by atoms with van der Waals surface area (Å²) in [5.74, 6) is 0.682. The zero-order valence-electron chi connectivity index (χ0n) is 14.2. The lowest BCUT2D eigenvalue weighted by Crippen LogP contribution is -2.42.